The van der Waals surface area contributed by atoms with E-state index in [9.17, 15) is 9.59 Å². The summed E-state index contributed by atoms with van der Waals surface area (Å²) in [7, 11) is 1.89. The van der Waals surface area contributed by atoms with Crippen LogP contribution >= 0.6 is 11.3 Å². The number of hydrogen-bond donors (Lipinski definition) is 1. The number of carbonyl (C=O) groups is 2. The van der Waals surface area contributed by atoms with Gasteiger partial charge in [-0.2, -0.15) is 11.3 Å². The average Bonchev–Trinajstić information content (AvgIpc) is 3.20. The Kier molecular flexibility index (Phi) is 6.23. The van der Waals surface area contributed by atoms with Crippen molar-refractivity contribution in [2.45, 2.75) is 38.1 Å². The number of nitrogens with one attached hydrogen (secondary N) is 1. The fourth-order valence-corrected chi connectivity index (χ4v) is 3.89. The summed E-state index contributed by atoms with van der Waals surface area (Å²) >= 11 is 1.59. The van der Waals surface area contributed by atoms with Crippen LogP contribution < -0.4 is 5.32 Å². The number of anilines is 1. The number of amides is 2. The number of rotatable bonds is 5. The average molecular weight is 369 g/mol. The molecule has 3 rings (SSSR count). The molecule has 1 aromatic heterocycles. The molecule has 5 heteroatoms. The molecule has 0 unspecified atom stereocenters. The minimum atomic E-state index is -0.186. The van der Waals surface area contributed by atoms with Gasteiger partial charge in [0.1, 0.15) is 0 Å². The molecule has 1 aliphatic carbocycles. The normalized spacial score (nSPS) is 15.1. The minimum absolute atomic E-state index is 0.0483. The first-order chi connectivity index (χ1) is 12.6. The maximum absolute atomic E-state index is 12.6. The third kappa shape index (κ3) is 4.82. The van der Waals surface area contributed by atoms with Crippen molar-refractivity contribution in [3.8, 4) is 0 Å². The first kappa shape index (κ1) is 18.4. The van der Waals surface area contributed by atoms with Gasteiger partial charge in [0.2, 0.25) is 5.91 Å². The van der Waals surface area contributed by atoms with Gasteiger partial charge in [0.15, 0.2) is 0 Å². The van der Waals surface area contributed by atoms with Gasteiger partial charge >= 0.3 is 0 Å². The summed E-state index contributed by atoms with van der Waals surface area (Å²) in [5.41, 5.74) is 2.35. The minimum Gasteiger partial charge on any atom is -0.339 e. The molecule has 1 heterocycles. The second-order valence-electron chi connectivity index (χ2n) is 6.66. The van der Waals surface area contributed by atoms with E-state index in [0.717, 1.165) is 18.4 Å². The van der Waals surface area contributed by atoms with Crippen LogP contribution in [0, 0.1) is 0 Å². The Hall–Kier alpha value is -2.40. The van der Waals surface area contributed by atoms with E-state index in [1.807, 2.05) is 28.8 Å². The number of hydrogen-bond acceptors (Lipinski definition) is 3. The standard InChI is InChI=1S/C21H24N2O2S/c1-23(19-5-3-2-4-6-19)21(25)17-8-10-18(11-9-17)22-20(24)12-7-16-13-14-26-15-16/h7-15,19H,2-6H2,1H3,(H,22,24)/b12-7+. The molecule has 2 aromatic rings. The zero-order valence-corrected chi connectivity index (χ0v) is 15.8. The highest BCUT2D eigenvalue weighted by molar-refractivity contribution is 7.08. The molecule has 2 amide bonds. The van der Waals surface area contributed by atoms with Crippen LogP contribution in [0.25, 0.3) is 6.08 Å². The van der Waals surface area contributed by atoms with Crippen molar-refractivity contribution >= 4 is 34.9 Å². The van der Waals surface area contributed by atoms with Gasteiger partial charge < -0.3 is 10.2 Å². The lowest BCUT2D eigenvalue weighted by Crippen LogP contribution is -2.38. The van der Waals surface area contributed by atoms with Crippen molar-refractivity contribution in [1.29, 1.82) is 0 Å². The maximum atomic E-state index is 12.6. The van der Waals surface area contributed by atoms with Crippen molar-refractivity contribution < 1.29 is 9.59 Å². The molecule has 4 nitrogen and oxygen atoms in total. The Labute approximate surface area is 158 Å². The third-order valence-corrected chi connectivity index (χ3v) is 5.51. The van der Waals surface area contributed by atoms with Gasteiger partial charge in [0.05, 0.1) is 0 Å². The van der Waals surface area contributed by atoms with Gasteiger partial charge in [0, 0.05) is 30.4 Å². The number of thiophene rings is 1. The lowest BCUT2D eigenvalue weighted by Gasteiger charge is -2.31. The zero-order valence-electron chi connectivity index (χ0n) is 15.0. The van der Waals surface area contributed by atoms with E-state index in [1.54, 1.807) is 41.7 Å². The van der Waals surface area contributed by atoms with E-state index in [1.165, 1.54) is 25.3 Å². The van der Waals surface area contributed by atoms with Gasteiger partial charge in [-0.1, -0.05) is 19.3 Å². The molecule has 1 N–H and O–H groups in total. The van der Waals surface area contributed by atoms with Gasteiger partial charge in [-0.05, 0) is 65.6 Å². The predicted octanol–water partition coefficient (Wildman–Crippen LogP) is 4.80. The Morgan fingerprint density at radius 1 is 1.12 bits per heavy atom. The molecule has 0 saturated heterocycles. The number of benzene rings is 1. The topological polar surface area (TPSA) is 49.4 Å². The molecule has 136 valence electrons. The Morgan fingerprint density at radius 2 is 1.85 bits per heavy atom. The Bertz CT molecular complexity index is 760. The number of nitrogens with zero attached hydrogens (tertiary/aromatic N) is 1. The summed E-state index contributed by atoms with van der Waals surface area (Å²) in [6.07, 6.45) is 9.15. The molecular formula is C21H24N2O2S. The molecule has 1 saturated carbocycles. The van der Waals surface area contributed by atoms with Crippen molar-refractivity contribution in [3.05, 3.63) is 58.3 Å². The third-order valence-electron chi connectivity index (χ3n) is 4.81. The van der Waals surface area contributed by atoms with Crippen LogP contribution in [0.4, 0.5) is 5.69 Å². The molecule has 1 fully saturated rings. The van der Waals surface area contributed by atoms with Crippen LogP contribution in [-0.4, -0.2) is 29.8 Å². The van der Waals surface area contributed by atoms with Crippen LogP contribution in [0.3, 0.4) is 0 Å². The second kappa shape index (κ2) is 8.81. The highest BCUT2D eigenvalue weighted by Gasteiger charge is 2.22. The van der Waals surface area contributed by atoms with E-state index < -0.39 is 0 Å². The largest absolute Gasteiger partial charge is 0.339 e. The van der Waals surface area contributed by atoms with Crippen molar-refractivity contribution in [2.75, 3.05) is 12.4 Å². The second-order valence-corrected chi connectivity index (χ2v) is 7.44. The number of carbonyl (C=O) groups excluding carboxylic acids is 2. The van der Waals surface area contributed by atoms with Gasteiger partial charge in [-0.3, -0.25) is 9.59 Å². The summed E-state index contributed by atoms with van der Waals surface area (Å²) in [6, 6.07) is 9.41. The first-order valence-electron chi connectivity index (χ1n) is 9.02. The molecule has 0 aliphatic heterocycles. The fourth-order valence-electron chi connectivity index (χ4n) is 3.26. The Morgan fingerprint density at radius 3 is 2.50 bits per heavy atom. The van der Waals surface area contributed by atoms with Crippen molar-refractivity contribution in [1.82, 2.24) is 4.90 Å². The van der Waals surface area contributed by atoms with Crippen LogP contribution in [-0.2, 0) is 4.79 Å². The maximum Gasteiger partial charge on any atom is 0.253 e. The highest BCUT2D eigenvalue weighted by atomic mass is 32.1. The molecule has 1 aromatic carbocycles. The fraction of sp³-hybridized carbons (Fsp3) is 0.333. The smallest absolute Gasteiger partial charge is 0.253 e. The lowest BCUT2D eigenvalue weighted by atomic mass is 9.94. The van der Waals surface area contributed by atoms with Crippen LogP contribution in [0.15, 0.2) is 47.2 Å². The highest BCUT2D eigenvalue weighted by Crippen LogP contribution is 2.23. The summed E-state index contributed by atoms with van der Waals surface area (Å²) in [5.74, 6) is -0.137. The summed E-state index contributed by atoms with van der Waals surface area (Å²) < 4.78 is 0. The molecule has 0 bridgehead atoms. The summed E-state index contributed by atoms with van der Waals surface area (Å²) in [4.78, 5) is 26.5. The molecule has 1 aliphatic rings. The van der Waals surface area contributed by atoms with E-state index in [0.29, 0.717) is 17.3 Å². The van der Waals surface area contributed by atoms with Crippen molar-refractivity contribution in [3.63, 3.8) is 0 Å². The quantitative estimate of drug-likeness (QED) is 0.770. The lowest BCUT2D eigenvalue weighted by molar-refractivity contribution is -0.111. The van der Waals surface area contributed by atoms with E-state index in [4.69, 9.17) is 0 Å². The monoisotopic (exact) mass is 368 g/mol. The van der Waals surface area contributed by atoms with Gasteiger partial charge in [0.25, 0.3) is 5.91 Å². The molecule has 0 atom stereocenters. The zero-order chi connectivity index (χ0) is 18.4. The van der Waals surface area contributed by atoms with Crippen LogP contribution in [0.1, 0.15) is 48.0 Å². The van der Waals surface area contributed by atoms with E-state index in [2.05, 4.69) is 5.32 Å². The molecule has 0 spiro atoms. The van der Waals surface area contributed by atoms with E-state index in [-0.39, 0.29) is 11.8 Å². The van der Waals surface area contributed by atoms with Crippen LogP contribution in [0.2, 0.25) is 0 Å². The van der Waals surface area contributed by atoms with E-state index >= 15 is 0 Å². The Balaban J connectivity index is 1.57. The summed E-state index contributed by atoms with van der Waals surface area (Å²) in [5, 5.41) is 6.76. The van der Waals surface area contributed by atoms with Crippen molar-refractivity contribution in [2.24, 2.45) is 0 Å². The SMILES string of the molecule is CN(C(=O)c1ccc(NC(=O)/C=C/c2ccsc2)cc1)C1CCCCC1. The van der Waals surface area contributed by atoms with Crippen LogP contribution in [0.5, 0.6) is 0 Å². The molecule has 26 heavy (non-hydrogen) atoms. The summed E-state index contributed by atoms with van der Waals surface area (Å²) in [6.45, 7) is 0. The van der Waals surface area contributed by atoms with Gasteiger partial charge in [-0.25, -0.2) is 0 Å². The van der Waals surface area contributed by atoms with Gasteiger partial charge in [-0.15, -0.1) is 0 Å². The molecule has 0 radical (unpaired) electrons. The first-order valence-corrected chi connectivity index (χ1v) is 9.96. The predicted molar refractivity (Wildman–Crippen MR) is 107 cm³/mol. The molecular weight excluding hydrogens is 344 g/mol.